The second-order valence-electron chi connectivity index (χ2n) is 5.22. The number of anilines is 2. The zero-order chi connectivity index (χ0) is 15.0. The molecule has 5 nitrogen and oxygen atoms in total. The summed E-state index contributed by atoms with van der Waals surface area (Å²) in [5, 5.41) is -0.0754. The van der Waals surface area contributed by atoms with Crippen LogP contribution in [0.5, 0.6) is 0 Å². The lowest BCUT2D eigenvalue weighted by atomic mass is 9.99. The van der Waals surface area contributed by atoms with E-state index < -0.39 is 10.0 Å². The number of hydrogen-bond donors (Lipinski definition) is 1. The molecule has 0 aliphatic carbocycles. The Labute approximate surface area is 124 Å². The zero-order valence-corrected chi connectivity index (χ0v) is 12.5. The molecule has 0 radical (unpaired) electrons. The molecule has 0 fully saturated rings. The van der Waals surface area contributed by atoms with Crippen LogP contribution in [0.2, 0.25) is 0 Å². The maximum absolute atomic E-state index is 13.0. The van der Waals surface area contributed by atoms with Crippen molar-refractivity contribution in [2.75, 3.05) is 10.0 Å². The molecule has 6 heteroatoms. The Balaban J connectivity index is 2.17. The van der Waals surface area contributed by atoms with E-state index in [0.717, 1.165) is 24.1 Å². The summed E-state index contributed by atoms with van der Waals surface area (Å²) in [4.78, 5) is 3.98. The molecule has 110 valence electrons. The molecule has 0 spiro atoms. The van der Waals surface area contributed by atoms with E-state index in [-0.39, 0.29) is 16.8 Å². The largest absolute Gasteiger partial charge is 0.396 e. The van der Waals surface area contributed by atoms with Crippen LogP contribution in [0.15, 0.2) is 47.6 Å². The summed E-state index contributed by atoms with van der Waals surface area (Å²) >= 11 is 0. The lowest BCUT2D eigenvalue weighted by Crippen LogP contribution is -2.42. The quantitative estimate of drug-likeness (QED) is 0.922. The summed E-state index contributed by atoms with van der Waals surface area (Å²) in [6, 6.07) is 10.6. The first kappa shape index (κ1) is 13.9. The lowest BCUT2D eigenvalue weighted by molar-refractivity contribution is 0.560. The standard InChI is InChI=1S/C15H17N3O2S/c1-11-8-9-12-5-2-3-7-14(12)18(11)21(19,20)15-13(16)6-4-10-17-15/h2-7,10-11H,8-9,16H2,1H3. The molecule has 1 aromatic carbocycles. The van der Waals surface area contributed by atoms with Crippen molar-refractivity contribution in [1.82, 2.24) is 4.98 Å². The molecule has 2 aromatic rings. The minimum Gasteiger partial charge on any atom is -0.396 e. The highest BCUT2D eigenvalue weighted by Crippen LogP contribution is 2.35. The topological polar surface area (TPSA) is 76.3 Å². The summed E-state index contributed by atoms with van der Waals surface area (Å²) in [6.07, 6.45) is 3.10. The Morgan fingerprint density at radius 1 is 1.24 bits per heavy atom. The highest BCUT2D eigenvalue weighted by molar-refractivity contribution is 7.93. The minimum atomic E-state index is -3.76. The van der Waals surface area contributed by atoms with Crippen LogP contribution < -0.4 is 10.0 Å². The number of benzene rings is 1. The Morgan fingerprint density at radius 3 is 2.76 bits per heavy atom. The van der Waals surface area contributed by atoms with Gasteiger partial charge in [0.05, 0.1) is 11.4 Å². The van der Waals surface area contributed by atoms with E-state index in [1.165, 1.54) is 10.5 Å². The Kier molecular flexibility index (Phi) is 3.33. The summed E-state index contributed by atoms with van der Waals surface area (Å²) < 4.78 is 27.4. The smallest absolute Gasteiger partial charge is 0.284 e. The van der Waals surface area contributed by atoms with Crippen molar-refractivity contribution in [1.29, 1.82) is 0 Å². The van der Waals surface area contributed by atoms with Crippen molar-refractivity contribution in [3.8, 4) is 0 Å². The van der Waals surface area contributed by atoms with E-state index >= 15 is 0 Å². The van der Waals surface area contributed by atoms with Gasteiger partial charge in [0.15, 0.2) is 5.03 Å². The van der Waals surface area contributed by atoms with Gasteiger partial charge in [-0.3, -0.25) is 4.31 Å². The monoisotopic (exact) mass is 303 g/mol. The van der Waals surface area contributed by atoms with E-state index in [4.69, 9.17) is 5.73 Å². The fourth-order valence-corrected chi connectivity index (χ4v) is 4.50. The van der Waals surface area contributed by atoms with E-state index in [9.17, 15) is 8.42 Å². The summed E-state index contributed by atoms with van der Waals surface area (Å²) in [6.45, 7) is 1.91. The van der Waals surface area contributed by atoms with E-state index in [2.05, 4.69) is 4.98 Å². The van der Waals surface area contributed by atoms with Gasteiger partial charge in [0, 0.05) is 12.2 Å². The number of aryl methyl sites for hydroxylation is 1. The third kappa shape index (κ3) is 2.25. The van der Waals surface area contributed by atoms with Crippen LogP contribution in [0.25, 0.3) is 0 Å². The average molecular weight is 303 g/mol. The van der Waals surface area contributed by atoms with Crippen molar-refractivity contribution >= 4 is 21.4 Å². The molecule has 21 heavy (non-hydrogen) atoms. The van der Waals surface area contributed by atoms with Gasteiger partial charge in [0.2, 0.25) is 0 Å². The maximum Gasteiger partial charge on any atom is 0.284 e. The predicted molar refractivity (Wildman–Crippen MR) is 82.5 cm³/mol. The highest BCUT2D eigenvalue weighted by atomic mass is 32.2. The number of sulfonamides is 1. The summed E-state index contributed by atoms with van der Waals surface area (Å²) in [5.41, 5.74) is 7.74. The molecule has 1 aromatic heterocycles. The van der Waals surface area contributed by atoms with E-state index in [1.54, 1.807) is 12.1 Å². The molecular weight excluding hydrogens is 286 g/mol. The Morgan fingerprint density at radius 2 is 2.00 bits per heavy atom. The van der Waals surface area contributed by atoms with Crippen molar-refractivity contribution in [2.24, 2.45) is 0 Å². The van der Waals surface area contributed by atoms with Crippen LogP contribution in [0.3, 0.4) is 0 Å². The number of fused-ring (bicyclic) bond motifs is 1. The molecular formula is C15H17N3O2S. The van der Waals surface area contributed by atoms with Crippen molar-refractivity contribution in [3.05, 3.63) is 48.2 Å². The van der Waals surface area contributed by atoms with Crippen LogP contribution >= 0.6 is 0 Å². The second kappa shape index (κ2) is 5.04. The lowest BCUT2D eigenvalue weighted by Gasteiger charge is -2.35. The third-order valence-corrected chi connectivity index (χ3v) is 5.67. The van der Waals surface area contributed by atoms with Crippen molar-refractivity contribution in [3.63, 3.8) is 0 Å². The van der Waals surface area contributed by atoms with Crippen molar-refractivity contribution in [2.45, 2.75) is 30.8 Å². The van der Waals surface area contributed by atoms with Gasteiger partial charge in [-0.25, -0.2) is 4.98 Å². The van der Waals surface area contributed by atoms with Crippen LogP contribution in [-0.2, 0) is 16.4 Å². The number of pyridine rings is 1. The molecule has 0 saturated heterocycles. The maximum atomic E-state index is 13.0. The fourth-order valence-electron chi connectivity index (χ4n) is 2.73. The number of rotatable bonds is 2. The number of hydrogen-bond acceptors (Lipinski definition) is 4. The Hall–Kier alpha value is -2.08. The molecule has 0 amide bonds. The zero-order valence-electron chi connectivity index (χ0n) is 11.7. The Bertz CT molecular complexity index is 774. The number of aromatic nitrogens is 1. The van der Waals surface area contributed by atoms with Gasteiger partial charge in [-0.05, 0) is 43.5 Å². The van der Waals surface area contributed by atoms with Crippen molar-refractivity contribution < 1.29 is 8.42 Å². The summed E-state index contributed by atoms with van der Waals surface area (Å²) in [7, 11) is -3.76. The number of nitrogens with zero attached hydrogens (tertiary/aromatic N) is 2. The molecule has 1 atom stereocenters. The first-order valence-electron chi connectivity index (χ1n) is 6.84. The van der Waals surface area contributed by atoms with Gasteiger partial charge in [0.25, 0.3) is 10.0 Å². The summed E-state index contributed by atoms with van der Waals surface area (Å²) in [5.74, 6) is 0. The highest BCUT2D eigenvalue weighted by Gasteiger charge is 2.35. The molecule has 3 rings (SSSR count). The van der Waals surface area contributed by atoms with Gasteiger partial charge >= 0.3 is 0 Å². The fraction of sp³-hybridized carbons (Fsp3) is 0.267. The van der Waals surface area contributed by atoms with Gasteiger partial charge in [-0.2, -0.15) is 8.42 Å². The molecule has 2 N–H and O–H groups in total. The molecule has 1 unspecified atom stereocenters. The van der Waals surface area contributed by atoms with Gasteiger partial charge in [-0.1, -0.05) is 18.2 Å². The van der Waals surface area contributed by atoms with Gasteiger partial charge < -0.3 is 5.73 Å². The molecule has 1 aliphatic heterocycles. The van der Waals surface area contributed by atoms with Gasteiger partial charge in [0.1, 0.15) is 0 Å². The first-order valence-corrected chi connectivity index (χ1v) is 8.28. The van der Waals surface area contributed by atoms with Crippen LogP contribution in [-0.4, -0.2) is 19.4 Å². The van der Waals surface area contributed by atoms with Crippen LogP contribution in [0, 0.1) is 0 Å². The van der Waals surface area contributed by atoms with Crippen LogP contribution in [0.4, 0.5) is 11.4 Å². The number of nitrogens with two attached hydrogens (primary N) is 1. The van der Waals surface area contributed by atoms with Crippen LogP contribution in [0.1, 0.15) is 18.9 Å². The predicted octanol–water partition coefficient (Wildman–Crippen LogP) is 2.19. The molecule has 1 aliphatic rings. The average Bonchev–Trinajstić information content (AvgIpc) is 2.47. The number of nitrogen functional groups attached to an aromatic ring is 1. The minimum absolute atomic E-state index is 0.0754. The van der Waals surface area contributed by atoms with E-state index in [1.807, 2.05) is 31.2 Å². The normalized spacial score (nSPS) is 18.3. The number of para-hydroxylation sites is 1. The van der Waals surface area contributed by atoms with Gasteiger partial charge in [-0.15, -0.1) is 0 Å². The second-order valence-corrected chi connectivity index (χ2v) is 6.95. The molecule has 0 saturated carbocycles. The molecule has 0 bridgehead atoms. The first-order chi connectivity index (χ1) is 10.0. The van der Waals surface area contributed by atoms with E-state index in [0.29, 0.717) is 0 Å². The SMILES string of the molecule is CC1CCc2ccccc2N1S(=O)(=O)c1ncccc1N. The molecule has 2 heterocycles. The third-order valence-electron chi connectivity index (χ3n) is 3.76.